The first-order valence-electron chi connectivity index (χ1n) is 9.34. The Bertz CT molecular complexity index is 1340. The van der Waals surface area contributed by atoms with Gasteiger partial charge in [-0.1, -0.05) is 23.7 Å². The van der Waals surface area contributed by atoms with E-state index in [0.717, 1.165) is 0 Å². The van der Waals surface area contributed by atoms with Crippen molar-refractivity contribution >= 4 is 40.0 Å². The van der Waals surface area contributed by atoms with Crippen molar-refractivity contribution in [3.8, 4) is 11.4 Å². The van der Waals surface area contributed by atoms with Gasteiger partial charge in [0.15, 0.2) is 5.16 Å². The molecule has 0 N–H and O–H groups in total. The molecule has 1 aromatic heterocycles. The molecule has 0 radical (unpaired) electrons. The summed E-state index contributed by atoms with van der Waals surface area (Å²) in [4.78, 5) is 29.0. The summed E-state index contributed by atoms with van der Waals surface area (Å²) in [7, 11) is 0. The van der Waals surface area contributed by atoms with Crippen LogP contribution in [0.2, 0.25) is 5.02 Å². The number of non-ortho nitro benzene ring substituents is 1. The lowest BCUT2D eigenvalue weighted by molar-refractivity contribution is -0.384. The number of para-hydroxylation sites is 1. The molecule has 7 nitrogen and oxygen atoms in total. The molecule has 0 spiro atoms. The van der Waals surface area contributed by atoms with E-state index in [1.54, 1.807) is 48.5 Å². The molecule has 0 aliphatic heterocycles. The Hall–Kier alpha value is -3.36. The van der Waals surface area contributed by atoms with Crippen LogP contribution in [0.4, 0.5) is 5.69 Å². The highest BCUT2D eigenvalue weighted by Crippen LogP contribution is 2.35. The van der Waals surface area contributed by atoms with Gasteiger partial charge in [0, 0.05) is 17.0 Å². The lowest BCUT2D eigenvalue weighted by atomic mass is 10.2. The second-order valence-electron chi connectivity index (χ2n) is 6.45. The fraction of sp³-hybridized carbons (Fsp3) is 0.0909. The SMILES string of the molecule is CCOc1ccc(-n2c(Sc3ccc([N+](=O)[O-])cc3Cl)nc3ccccc3c2=O)cc1. The van der Waals surface area contributed by atoms with Crippen LogP contribution >= 0.6 is 23.4 Å². The van der Waals surface area contributed by atoms with E-state index in [2.05, 4.69) is 4.98 Å². The number of aromatic nitrogens is 2. The lowest BCUT2D eigenvalue weighted by Gasteiger charge is -2.14. The highest BCUT2D eigenvalue weighted by atomic mass is 35.5. The van der Waals surface area contributed by atoms with Crippen LogP contribution in [0.25, 0.3) is 16.6 Å². The largest absolute Gasteiger partial charge is 0.494 e. The summed E-state index contributed by atoms with van der Waals surface area (Å²) in [6.45, 7) is 2.44. The molecule has 9 heteroatoms. The zero-order valence-electron chi connectivity index (χ0n) is 16.3. The van der Waals surface area contributed by atoms with Gasteiger partial charge < -0.3 is 4.74 Å². The molecular formula is C22H16ClN3O4S. The molecule has 0 fully saturated rings. The van der Waals surface area contributed by atoms with Crippen molar-refractivity contribution < 1.29 is 9.66 Å². The summed E-state index contributed by atoms with van der Waals surface area (Å²) >= 11 is 7.44. The lowest BCUT2D eigenvalue weighted by Crippen LogP contribution is -2.21. The van der Waals surface area contributed by atoms with Crippen LogP contribution in [-0.2, 0) is 0 Å². The Morgan fingerprint density at radius 3 is 2.55 bits per heavy atom. The number of nitro groups is 1. The second-order valence-corrected chi connectivity index (χ2v) is 7.87. The molecule has 0 amide bonds. The van der Waals surface area contributed by atoms with Crippen molar-refractivity contribution in [3.05, 3.63) is 92.2 Å². The van der Waals surface area contributed by atoms with E-state index in [1.165, 1.54) is 28.5 Å². The van der Waals surface area contributed by atoms with Crippen molar-refractivity contribution in [1.29, 1.82) is 0 Å². The number of hydrogen-bond donors (Lipinski definition) is 0. The molecule has 156 valence electrons. The van der Waals surface area contributed by atoms with E-state index in [9.17, 15) is 14.9 Å². The number of halogens is 1. The van der Waals surface area contributed by atoms with Crippen LogP contribution in [0.5, 0.6) is 5.75 Å². The Kier molecular flexibility index (Phi) is 5.92. The molecule has 0 aliphatic carbocycles. The minimum atomic E-state index is -0.509. The minimum Gasteiger partial charge on any atom is -0.494 e. The van der Waals surface area contributed by atoms with Gasteiger partial charge in [-0.05, 0) is 61.2 Å². The summed E-state index contributed by atoms with van der Waals surface area (Å²) in [5, 5.41) is 12.1. The Morgan fingerprint density at radius 1 is 1.13 bits per heavy atom. The van der Waals surface area contributed by atoms with E-state index in [4.69, 9.17) is 16.3 Å². The van der Waals surface area contributed by atoms with Crippen LogP contribution < -0.4 is 10.3 Å². The summed E-state index contributed by atoms with van der Waals surface area (Å²) in [6, 6.07) is 18.4. The standard InChI is InChI=1S/C22H16ClN3O4S/c1-2-30-16-10-7-14(8-11-16)25-21(27)17-5-3-4-6-19(17)24-22(25)31-20-12-9-15(26(28)29)13-18(20)23/h3-13H,2H2,1H3. The van der Waals surface area contributed by atoms with Crippen molar-refractivity contribution in [1.82, 2.24) is 9.55 Å². The molecule has 3 aromatic carbocycles. The first kappa shape index (κ1) is 20.9. The van der Waals surface area contributed by atoms with Gasteiger partial charge in [0.2, 0.25) is 0 Å². The number of fused-ring (bicyclic) bond motifs is 1. The average Bonchev–Trinajstić information content (AvgIpc) is 2.76. The van der Waals surface area contributed by atoms with E-state index < -0.39 is 4.92 Å². The summed E-state index contributed by atoms with van der Waals surface area (Å²) in [6.07, 6.45) is 0. The molecule has 0 bridgehead atoms. The van der Waals surface area contributed by atoms with Crippen LogP contribution in [-0.4, -0.2) is 21.1 Å². The van der Waals surface area contributed by atoms with Crippen molar-refractivity contribution in [2.75, 3.05) is 6.61 Å². The van der Waals surface area contributed by atoms with Gasteiger partial charge in [0.05, 0.1) is 33.1 Å². The van der Waals surface area contributed by atoms with E-state index in [1.807, 2.05) is 13.0 Å². The maximum atomic E-state index is 13.3. The van der Waals surface area contributed by atoms with Crippen LogP contribution in [0.15, 0.2) is 81.6 Å². The second kappa shape index (κ2) is 8.79. The van der Waals surface area contributed by atoms with Gasteiger partial charge >= 0.3 is 0 Å². The predicted molar refractivity (Wildman–Crippen MR) is 121 cm³/mol. The first-order valence-corrected chi connectivity index (χ1v) is 10.5. The zero-order valence-corrected chi connectivity index (χ0v) is 17.9. The zero-order chi connectivity index (χ0) is 22.0. The molecular weight excluding hydrogens is 438 g/mol. The van der Waals surface area contributed by atoms with Gasteiger partial charge in [0.25, 0.3) is 11.2 Å². The fourth-order valence-electron chi connectivity index (χ4n) is 3.05. The molecule has 4 rings (SSSR count). The Labute approximate surface area is 186 Å². The van der Waals surface area contributed by atoms with Gasteiger partial charge in [-0.2, -0.15) is 0 Å². The number of rotatable bonds is 6. The normalized spacial score (nSPS) is 10.9. The predicted octanol–water partition coefficient (Wildman–Crippen LogP) is 5.50. The van der Waals surface area contributed by atoms with Crippen LogP contribution in [0.1, 0.15) is 6.92 Å². The third kappa shape index (κ3) is 4.26. The maximum absolute atomic E-state index is 13.3. The molecule has 0 unspecified atom stereocenters. The fourth-order valence-corrected chi connectivity index (χ4v) is 4.25. The van der Waals surface area contributed by atoms with Gasteiger partial charge in [-0.15, -0.1) is 0 Å². The molecule has 31 heavy (non-hydrogen) atoms. The molecule has 4 aromatic rings. The number of ether oxygens (including phenoxy) is 1. The number of nitrogens with zero attached hydrogens (tertiary/aromatic N) is 3. The molecule has 0 saturated heterocycles. The Balaban J connectivity index is 1.87. The quantitative estimate of drug-likeness (QED) is 0.218. The topological polar surface area (TPSA) is 87.3 Å². The summed E-state index contributed by atoms with van der Waals surface area (Å²) in [5.74, 6) is 0.695. The molecule has 0 aliphatic rings. The average molecular weight is 454 g/mol. The monoisotopic (exact) mass is 453 g/mol. The summed E-state index contributed by atoms with van der Waals surface area (Å²) in [5.41, 5.74) is 0.836. The third-order valence-electron chi connectivity index (χ3n) is 4.48. The highest BCUT2D eigenvalue weighted by molar-refractivity contribution is 7.99. The van der Waals surface area contributed by atoms with Crippen molar-refractivity contribution in [2.45, 2.75) is 17.0 Å². The number of benzene rings is 3. The molecule has 0 saturated carbocycles. The van der Waals surface area contributed by atoms with Gasteiger partial charge in [0.1, 0.15) is 5.75 Å². The van der Waals surface area contributed by atoms with Crippen LogP contribution in [0.3, 0.4) is 0 Å². The molecule has 0 atom stereocenters. The Morgan fingerprint density at radius 2 is 1.87 bits per heavy atom. The van der Waals surface area contributed by atoms with E-state index in [-0.39, 0.29) is 16.3 Å². The van der Waals surface area contributed by atoms with E-state index >= 15 is 0 Å². The van der Waals surface area contributed by atoms with Crippen LogP contribution in [0, 0.1) is 10.1 Å². The first-order chi connectivity index (χ1) is 15.0. The van der Waals surface area contributed by atoms with Crippen molar-refractivity contribution in [2.24, 2.45) is 0 Å². The maximum Gasteiger partial charge on any atom is 0.270 e. The highest BCUT2D eigenvalue weighted by Gasteiger charge is 2.17. The number of nitro benzene ring substituents is 1. The van der Waals surface area contributed by atoms with Crippen molar-refractivity contribution in [3.63, 3.8) is 0 Å². The molecule has 1 heterocycles. The van der Waals surface area contributed by atoms with Gasteiger partial charge in [-0.3, -0.25) is 19.5 Å². The smallest absolute Gasteiger partial charge is 0.270 e. The van der Waals surface area contributed by atoms with E-state index in [0.29, 0.717) is 39.0 Å². The van der Waals surface area contributed by atoms with Gasteiger partial charge in [-0.25, -0.2) is 4.98 Å². The summed E-state index contributed by atoms with van der Waals surface area (Å²) < 4.78 is 6.99. The minimum absolute atomic E-state index is 0.107. The third-order valence-corrected chi connectivity index (χ3v) is 5.94. The number of hydrogen-bond acceptors (Lipinski definition) is 6.